The predicted octanol–water partition coefficient (Wildman–Crippen LogP) is 1.04. The van der Waals surface area contributed by atoms with Crippen LogP contribution in [0.15, 0.2) is 0 Å². The SMILES string of the molecule is OCC12CC1CCN(I)C2. The number of hydrogen-bond donors (Lipinski definition) is 1. The molecule has 2 atom stereocenters. The van der Waals surface area contributed by atoms with Gasteiger partial charge in [-0.2, -0.15) is 0 Å². The number of rotatable bonds is 1. The minimum Gasteiger partial charge on any atom is -0.396 e. The molecule has 1 saturated carbocycles. The van der Waals surface area contributed by atoms with Gasteiger partial charge in [-0.15, -0.1) is 0 Å². The first-order valence-corrected chi connectivity index (χ1v) is 4.75. The molecule has 0 spiro atoms. The Morgan fingerprint density at radius 2 is 2.50 bits per heavy atom. The normalized spacial score (nSPS) is 46.8. The Hall–Kier alpha value is 0.650. The van der Waals surface area contributed by atoms with E-state index in [1.54, 1.807) is 0 Å². The molecule has 1 heterocycles. The van der Waals surface area contributed by atoms with Crippen molar-refractivity contribution < 1.29 is 5.11 Å². The first kappa shape index (κ1) is 7.31. The van der Waals surface area contributed by atoms with Crippen molar-refractivity contribution in [2.75, 3.05) is 19.7 Å². The summed E-state index contributed by atoms with van der Waals surface area (Å²) < 4.78 is 2.30. The van der Waals surface area contributed by atoms with E-state index in [9.17, 15) is 0 Å². The number of fused-ring (bicyclic) bond motifs is 1. The van der Waals surface area contributed by atoms with E-state index >= 15 is 0 Å². The van der Waals surface area contributed by atoms with Crippen LogP contribution in [0.3, 0.4) is 0 Å². The molecular weight excluding hydrogens is 241 g/mol. The molecule has 2 fully saturated rings. The van der Waals surface area contributed by atoms with Gasteiger partial charge in [-0.25, -0.2) is 3.11 Å². The highest BCUT2D eigenvalue weighted by Crippen LogP contribution is 2.57. The van der Waals surface area contributed by atoms with Gasteiger partial charge < -0.3 is 5.11 Å². The molecule has 3 heteroatoms. The lowest BCUT2D eigenvalue weighted by Crippen LogP contribution is -2.31. The molecule has 0 aromatic rings. The molecule has 2 aliphatic rings. The maximum Gasteiger partial charge on any atom is 0.0502 e. The van der Waals surface area contributed by atoms with Gasteiger partial charge in [0.25, 0.3) is 0 Å². The average molecular weight is 253 g/mol. The van der Waals surface area contributed by atoms with E-state index in [0.717, 1.165) is 12.5 Å². The summed E-state index contributed by atoms with van der Waals surface area (Å²) >= 11 is 2.35. The lowest BCUT2D eigenvalue weighted by molar-refractivity contribution is 0.159. The van der Waals surface area contributed by atoms with E-state index in [1.807, 2.05) is 0 Å². The van der Waals surface area contributed by atoms with Gasteiger partial charge in [0.05, 0.1) is 6.61 Å². The number of nitrogens with zero attached hydrogens (tertiary/aromatic N) is 1. The summed E-state index contributed by atoms with van der Waals surface area (Å²) in [4.78, 5) is 0. The number of piperidine rings is 1. The lowest BCUT2D eigenvalue weighted by atomic mass is 10.0. The summed E-state index contributed by atoms with van der Waals surface area (Å²) in [5, 5.41) is 9.08. The van der Waals surface area contributed by atoms with Gasteiger partial charge >= 0.3 is 0 Å². The van der Waals surface area contributed by atoms with Gasteiger partial charge in [0, 0.05) is 41.4 Å². The Balaban J connectivity index is 2.02. The van der Waals surface area contributed by atoms with E-state index in [0.29, 0.717) is 12.0 Å². The summed E-state index contributed by atoms with van der Waals surface area (Å²) in [6.07, 6.45) is 2.56. The Labute approximate surface area is 75.1 Å². The monoisotopic (exact) mass is 253 g/mol. The molecule has 2 nitrogen and oxygen atoms in total. The molecule has 0 aromatic carbocycles. The summed E-state index contributed by atoms with van der Waals surface area (Å²) in [6.45, 7) is 2.72. The molecular formula is C7H12INO. The number of hydrogen-bond acceptors (Lipinski definition) is 2. The van der Waals surface area contributed by atoms with Crippen LogP contribution in [0.5, 0.6) is 0 Å². The van der Waals surface area contributed by atoms with Crippen LogP contribution in [0.2, 0.25) is 0 Å². The molecule has 0 aromatic heterocycles. The Kier molecular flexibility index (Phi) is 1.69. The lowest BCUT2D eigenvalue weighted by Gasteiger charge is -2.26. The van der Waals surface area contributed by atoms with Crippen molar-refractivity contribution in [2.45, 2.75) is 12.8 Å². The van der Waals surface area contributed by atoms with Crippen LogP contribution in [0.25, 0.3) is 0 Å². The summed E-state index contributed by atoms with van der Waals surface area (Å²) in [6, 6.07) is 0. The molecule has 1 aliphatic heterocycles. The second kappa shape index (κ2) is 2.32. The molecule has 1 N–H and O–H groups in total. The fourth-order valence-electron chi connectivity index (χ4n) is 1.99. The first-order chi connectivity index (χ1) is 4.77. The van der Waals surface area contributed by atoms with Crippen LogP contribution < -0.4 is 0 Å². The van der Waals surface area contributed by atoms with Crippen molar-refractivity contribution in [1.29, 1.82) is 0 Å². The zero-order valence-corrected chi connectivity index (χ0v) is 8.04. The molecule has 2 rings (SSSR count). The van der Waals surface area contributed by atoms with Crippen molar-refractivity contribution in [3.8, 4) is 0 Å². The van der Waals surface area contributed by atoms with E-state index in [4.69, 9.17) is 5.11 Å². The standard InChI is InChI=1S/C7H12INO/c8-9-2-1-6-3-7(6,4-9)5-10/h6,10H,1-5H2. The van der Waals surface area contributed by atoms with Crippen LogP contribution in [0, 0.1) is 11.3 Å². The van der Waals surface area contributed by atoms with Crippen molar-refractivity contribution in [3.05, 3.63) is 0 Å². The Bertz CT molecular complexity index is 151. The smallest absolute Gasteiger partial charge is 0.0502 e. The maximum atomic E-state index is 9.08. The fourth-order valence-corrected chi connectivity index (χ4v) is 2.95. The van der Waals surface area contributed by atoms with Gasteiger partial charge in [0.15, 0.2) is 0 Å². The van der Waals surface area contributed by atoms with E-state index < -0.39 is 0 Å². The van der Waals surface area contributed by atoms with Gasteiger partial charge in [-0.1, -0.05) is 0 Å². The number of aliphatic hydroxyl groups is 1. The number of aliphatic hydroxyl groups excluding tert-OH is 1. The minimum atomic E-state index is 0.333. The quantitative estimate of drug-likeness (QED) is 0.557. The Morgan fingerprint density at radius 3 is 3.10 bits per heavy atom. The summed E-state index contributed by atoms with van der Waals surface area (Å²) in [5.41, 5.74) is 0.333. The largest absolute Gasteiger partial charge is 0.396 e. The first-order valence-electron chi connectivity index (χ1n) is 3.78. The van der Waals surface area contributed by atoms with Crippen LogP contribution in [0.1, 0.15) is 12.8 Å². The van der Waals surface area contributed by atoms with Crippen molar-refractivity contribution in [1.82, 2.24) is 3.11 Å². The second-order valence-electron chi connectivity index (χ2n) is 3.55. The average Bonchev–Trinajstić information content (AvgIpc) is 2.62. The van der Waals surface area contributed by atoms with Crippen molar-refractivity contribution in [2.24, 2.45) is 11.3 Å². The zero-order valence-electron chi connectivity index (χ0n) is 5.89. The van der Waals surface area contributed by atoms with Crippen molar-refractivity contribution >= 4 is 22.9 Å². The van der Waals surface area contributed by atoms with Crippen LogP contribution in [-0.2, 0) is 0 Å². The van der Waals surface area contributed by atoms with E-state index in [1.165, 1.54) is 19.4 Å². The zero-order chi connectivity index (χ0) is 7.19. The molecule has 1 saturated heterocycles. The van der Waals surface area contributed by atoms with Crippen LogP contribution in [0.4, 0.5) is 0 Å². The van der Waals surface area contributed by atoms with Gasteiger partial charge in [0.2, 0.25) is 0 Å². The molecule has 2 unspecified atom stereocenters. The predicted molar refractivity (Wildman–Crippen MR) is 47.8 cm³/mol. The van der Waals surface area contributed by atoms with Crippen LogP contribution >= 0.6 is 22.9 Å². The number of halogens is 1. The summed E-state index contributed by atoms with van der Waals surface area (Å²) in [7, 11) is 0. The van der Waals surface area contributed by atoms with Crippen molar-refractivity contribution in [3.63, 3.8) is 0 Å². The molecule has 0 amide bonds. The van der Waals surface area contributed by atoms with Gasteiger partial charge in [-0.3, -0.25) is 0 Å². The topological polar surface area (TPSA) is 23.5 Å². The molecule has 0 radical (unpaired) electrons. The highest BCUT2D eigenvalue weighted by molar-refractivity contribution is 14.1. The molecule has 58 valence electrons. The molecule has 0 bridgehead atoms. The fraction of sp³-hybridized carbons (Fsp3) is 1.00. The highest BCUT2D eigenvalue weighted by atomic mass is 127. The third kappa shape index (κ3) is 0.987. The third-order valence-corrected chi connectivity index (χ3v) is 3.70. The van der Waals surface area contributed by atoms with E-state index in [-0.39, 0.29) is 0 Å². The minimum absolute atomic E-state index is 0.333. The van der Waals surface area contributed by atoms with Gasteiger partial charge in [0.1, 0.15) is 0 Å². The van der Waals surface area contributed by atoms with E-state index in [2.05, 4.69) is 26.0 Å². The maximum absolute atomic E-state index is 9.08. The third-order valence-electron chi connectivity index (χ3n) is 2.88. The highest BCUT2D eigenvalue weighted by Gasteiger charge is 2.55. The summed E-state index contributed by atoms with van der Waals surface area (Å²) in [5.74, 6) is 0.850. The second-order valence-corrected chi connectivity index (χ2v) is 4.92. The van der Waals surface area contributed by atoms with Gasteiger partial charge in [-0.05, 0) is 18.8 Å². The van der Waals surface area contributed by atoms with Crippen LogP contribution in [-0.4, -0.2) is 27.9 Å². The molecule has 1 aliphatic carbocycles. The molecule has 10 heavy (non-hydrogen) atoms. The Morgan fingerprint density at radius 1 is 1.70 bits per heavy atom.